The molecule has 0 spiro atoms. The molecule has 0 radical (unpaired) electrons. The normalized spacial score (nSPS) is 14.0. The van der Waals surface area contributed by atoms with Gasteiger partial charge in [0.15, 0.2) is 0 Å². The van der Waals surface area contributed by atoms with Gasteiger partial charge in [-0.3, -0.25) is 0 Å². The van der Waals surface area contributed by atoms with E-state index in [0.29, 0.717) is 26.3 Å². The second kappa shape index (κ2) is 10.7. The molecule has 6 heteroatoms. The van der Waals surface area contributed by atoms with E-state index >= 15 is 0 Å². The van der Waals surface area contributed by atoms with Gasteiger partial charge in [-0.1, -0.05) is 36.4 Å². The highest BCUT2D eigenvalue weighted by atomic mass is 16.5. The van der Waals surface area contributed by atoms with Crippen LogP contribution < -0.4 is 15.5 Å². The highest BCUT2D eigenvalue weighted by Gasteiger charge is 2.10. The van der Waals surface area contributed by atoms with Gasteiger partial charge in [0.25, 0.3) is 0 Å². The van der Waals surface area contributed by atoms with E-state index in [1.54, 1.807) is 0 Å². The molecule has 6 nitrogen and oxygen atoms in total. The smallest absolute Gasteiger partial charge is 0.315 e. The third-order valence-electron chi connectivity index (χ3n) is 4.71. The molecule has 0 bridgehead atoms. The number of morpholine rings is 1. The number of hydrogen-bond acceptors (Lipinski definition) is 4. The van der Waals surface area contributed by atoms with Crippen LogP contribution in [0.25, 0.3) is 0 Å². The van der Waals surface area contributed by atoms with Crippen LogP contribution in [0.5, 0.6) is 0 Å². The Bertz CT molecular complexity index is 726. The van der Waals surface area contributed by atoms with Crippen LogP contribution in [0.3, 0.4) is 0 Å². The summed E-state index contributed by atoms with van der Waals surface area (Å²) < 4.78 is 10.8. The molecule has 1 heterocycles. The largest absolute Gasteiger partial charge is 0.378 e. The van der Waals surface area contributed by atoms with Gasteiger partial charge >= 0.3 is 6.03 Å². The lowest BCUT2D eigenvalue weighted by atomic mass is 10.1. The van der Waals surface area contributed by atoms with Crippen molar-refractivity contribution in [3.8, 4) is 0 Å². The second-order valence-corrected chi connectivity index (χ2v) is 6.76. The van der Waals surface area contributed by atoms with Crippen LogP contribution in [0.1, 0.15) is 23.6 Å². The van der Waals surface area contributed by atoms with Gasteiger partial charge < -0.3 is 25.0 Å². The summed E-state index contributed by atoms with van der Waals surface area (Å²) in [5, 5.41) is 5.80. The molecule has 1 aliphatic rings. The molecule has 0 unspecified atom stereocenters. The molecule has 1 aliphatic heterocycles. The highest BCUT2D eigenvalue weighted by Crippen LogP contribution is 2.16. The number of ether oxygens (including phenoxy) is 2. The van der Waals surface area contributed by atoms with Crippen molar-refractivity contribution in [2.45, 2.75) is 26.6 Å². The maximum absolute atomic E-state index is 12.0. The monoisotopic (exact) mass is 383 g/mol. The summed E-state index contributed by atoms with van der Waals surface area (Å²) in [5.74, 6) is 0. The van der Waals surface area contributed by atoms with Crippen LogP contribution in [0.2, 0.25) is 0 Å². The molecular weight excluding hydrogens is 354 g/mol. The number of nitrogens with one attached hydrogen (secondary N) is 2. The highest BCUT2D eigenvalue weighted by molar-refractivity contribution is 5.73. The number of carbonyl (C=O) groups excluding carboxylic acids is 1. The number of carbonyl (C=O) groups is 1. The molecule has 2 N–H and O–H groups in total. The minimum Gasteiger partial charge on any atom is -0.378 e. The second-order valence-electron chi connectivity index (χ2n) is 6.76. The Labute approximate surface area is 166 Å². The molecule has 28 heavy (non-hydrogen) atoms. The summed E-state index contributed by atoms with van der Waals surface area (Å²) in [6, 6.07) is 16.2. The molecule has 0 saturated carbocycles. The van der Waals surface area contributed by atoms with E-state index < -0.39 is 0 Å². The minimum absolute atomic E-state index is 0.171. The van der Waals surface area contributed by atoms with Crippen molar-refractivity contribution in [2.24, 2.45) is 0 Å². The Kier molecular flexibility index (Phi) is 7.70. The standard InChI is InChI=1S/C22H29N3O3/c1-2-27-17-20-5-3-18(4-6-20)15-23-22(26)24-16-19-7-9-21(10-8-19)25-11-13-28-14-12-25/h3-10H,2,11-17H2,1H3,(H2,23,24,26). The van der Waals surface area contributed by atoms with Crippen molar-refractivity contribution in [3.05, 3.63) is 65.2 Å². The maximum Gasteiger partial charge on any atom is 0.315 e. The molecule has 3 rings (SSSR count). The van der Waals surface area contributed by atoms with E-state index in [2.05, 4.69) is 39.8 Å². The summed E-state index contributed by atoms with van der Waals surface area (Å²) in [5.41, 5.74) is 4.47. The summed E-state index contributed by atoms with van der Waals surface area (Å²) in [7, 11) is 0. The zero-order valence-electron chi connectivity index (χ0n) is 16.4. The molecule has 2 aromatic carbocycles. The Morgan fingerprint density at radius 1 is 0.929 bits per heavy atom. The third kappa shape index (κ3) is 6.25. The van der Waals surface area contributed by atoms with E-state index in [1.165, 1.54) is 5.69 Å². The molecule has 0 aliphatic carbocycles. The van der Waals surface area contributed by atoms with Gasteiger partial charge in [-0.15, -0.1) is 0 Å². The van der Waals surface area contributed by atoms with E-state index in [1.807, 2.05) is 31.2 Å². The Morgan fingerprint density at radius 2 is 1.46 bits per heavy atom. The van der Waals surface area contributed by atoms with Crippen LogP contribution in [0, 0.1) is 0 Å². The number of amides is 2. The van der Waals surface area contributed by atoms with Crippen molar-refractivity contribution in [1.82, 2.24) is 10.6 Å². The Morgan fingerprint density at radius 3 is 2.04 bits per heavy atom. The third-order valence-corrected chi connectivity index (χ3v) is 4.71. The number of nitrogens with zero attached hydrogens (tertiary/aromatic N) is 1. The van der Waals surface area contributed by atoms with Crippen molar-refractivity contribution >= 4 is 11.7 Å². The van der Waals surface area contributed by atoms with E-state index in [-0.39, 0.29) is 6.03 Å². The summed E-state index contributed by atoms with van der Waals surface area (Å²) >= 11 is 0. The van der Waals surface area contributed by atoms with Gasteiger partial charge in [0, 0.05) is 38.5 Å². The van der Waals surface area contributed by atoms with Gasteiger partial charge in [0.05, 0.1) is 19.8 Å². The molecule has 0 aromatic heterocycles. The Hall–Kier alpha value is -2.57. The SMILES string of the molecule is CCOCc1ccc(CNC(=O)NCc2ccc(N3CCOCC3)cc2)cc1. The number of benzene rings is 2. The number of urea groups is 1. The molecule has 2 amide bonds. The average molecular weight is 383 g/mol. The number of hydrogen-bond donors (Lipinski definition) is 2. The first-order chi connectivity index (χ1) is 13.7. The lowest BCUT2D eigenvalue weighted by Gasteiger charge is -2.28. The van der Waals surface area contributed by atoms with Crippen molar-refractivity contribution in [3.63, 3.8) is 0 Å². The van der Waals surface area contributed by atoms with Crippen molar-refractivity contribution in [1.29, 1.82) is 0 Å². The van der Waals surface area contributed by atoms with Gasteiger partial charge in [-0.25, -0.2) is 4.79 Å². The summed E-state index contributed by atoms with van der Waals surface area (Å²) in [4.78, 5) is 14.4. The zero-order valence-corrected chi connectivity index (χ0v) is 16.4. The number of anilines is 1. The zero-order chi connectivity index (χ0) is 19.6. The quantitative estimate of drug-likeness (QED) is 0.735. The lowest BCUT2D eigenvalue weighted by Crippen LogP contribution is -2.36. The fourth-order valence-electron chi connectivity index (χ4n) is 3.05. The molecule has 1 fully saturated rings. The van der Waals surface area contributed by atoms with Crippen LogP contribution in [0.4, 0.5) is 10.5 Å². The van der Waals surface area contributed by atoms with Gasteiger partial charge in [-0.05, 0) is 35.7 Å². The molecule has 0 atom stereocenters. The summed E-state index contributed by atoms with van der Waals surface area (Å²) in [6.07, 6.45) is 0. The van der Waals surface area contributed by atoms with Gasteiger partial charge in [0.2, 0.25) is 0 Å². The Balaban J connectivity index is 1.39. The average Bonchev–Trinajstić information content (AvgIpc) is 2.76. The van der Waals surface area contributed by atoms with Crippen LogP contribution in [0.15, 0.2) is 48.5 Å². The maximum atomic E-state index is 12.0. The van der Waals surface area contributed by atoms with Crippen molar-refractivity contribution < 1.29 is 14.3 Å². The molecular formula is C22H29N3O3. The summed E-state index contributed by atoms with van der Waals surface area (Å²) in [6.45, 7) is 7.71. The van der Waals surface area contributed by atoms with Gasteiger partial charge in [0.1, 0.15) is 0 Å². The fraction of sp³-hybridized carbons (Fsp3) is 0.409. The molecule has 150 valence electrons. The van der Waals surface area contributed by atoms with E-state index in [0.717, 1.165) is 43.0 Å². The van der Waals surface area contributed by atoms with Crippen molar-refractivity contribution in [2.75, 3.05) is 37.8 Å². The van der Waals surface area contributed by atoms with E-state index in [4.69, 9.17) is 9.47 Å². The molecule has 2 aromatic rings. The minimum atomic E-state index is -0.171. The number of rotatable bonds is 8. The predicted octanol–water partition coefficient (Wildman–Crippen LogP) is 3.06. The van der Waals surface area contributed by atoms with Crippen LogP contribution in [-0.4, -0.2) is 38.9 Å². The molecule has 1 saturated heterocycles. The predicted molar refractivity (Wildman–Crippen MR) is 110 cm³/mol. The first-order valence-corrected chi connectivity index (χ1v) is 9.83. The first-order valence-electron chi connectivity index (χ1n) is 9.83. The van der Waals surface area contributed by atoms with Crippen LogP contribution in [-0.2, 0) is 29.2 Å². The fourth-order valence-corrected chi connectivity index (χ4v) is 3.05. The van der Waals surface area contributed by atoms with Crippen LogP contribution >= 0.6 is 0 Å². The lowest BCUT2D eigenvalue weighted by molar-refractivity contribution is 0.122. The topological polar surface area (TPSA) is 62.8 Å². The van der Waals surface area contributed by atoms with E-state index in [9.17, 15) is 4.79 Å². The first kappa shape index (κ1) is 20.2. The van der Waals surface area contributed by atoms with Gasteiger partial charge in [-0.2, -0.15) is 0 Å².